The fourth-order valence-electron chi connectivity index (χ4n) is 3.20. The van der Waals surface area contributed by atoms with Gasteiger partial charge in [-0.25, -0.2) is 0 Å². The number of methoxy groups -OCH3 is 1. The molecule has 1 fully saturated rings. The maximum absolute atomic E-state index is 12.2. The van der Waals surface area contributed by atoms with E-state index in [9.17, 15) is 4.79 Å². The number of halogens is 1. The summed E-state index contributed by atoms with van der Waals surface area (Å²) < 4.78 is 6.99. The van der Waals surface area contributed by atoms with Crippen LogP contribution in [0.4, 0.5) is 0 Å². The van der Waals surface area contributed by atoms with Crippen LogP contribution in [0.3, 0.4) is 0 Å². The van der Waals surface area contributed by atoms with Gasteiger partial charge in [-0.2, -0.15) is 5.10 Å². The van der Waals surface area contributed by atoms with Crippen LogP contribution >= 0.6 is 11.6 Å². The van der Waals surface area contributed by atoms with Crippen LogP contribution < -0.4 is 5.32 Å². The van der Waals surface area contributed by atoms with Crippen molar-refractivity contribution in [3.63, 3.8) is 0 Å². The van der Waals surface area contributed by atoms with Gasteiger partial charge in [-0.1, -0.05) is 18.5 Å². The molecule has 1 aromatic rings. The summed E-state index contributed by atoms with van der Waals surface area (Å²) >= 11 is 6.23. The van der Waals surface area contributed by atoms with Crippen LogP contribution in [0.5, 0.6) is 0 Å². The third-order valence-electron chi connectivity index (χ3n) is 4.36. The number of nitrogens with zero attached hydrogens (tertiary/aromatic N) is 2. The van der Waals surface area contributed by atoms with Gasteiger partial charge in [-0.3, -0.25) is 9.48 Å². The third-order valence-corrected chi connectivity index (χ3v) is 4.91. The standard InChI is InChI=1S/C15H24ClN3O2/c1-5-8-17-15(14(20)21-4)7-6-12(9-15)19-11(3)13(16)10(2)18-19/h12,17H,5-9H2,1-4H3. The molecule has 1 aromatic heterocycles. The highest BCUT2D eigenvalue weighted by molar-refractivity contribution is 6.31. The second-order valence-corrected chi connectivity index (χ2v) is 6.20. The summed E-state index contributed by atoms with van der Waals surface area (Å²) in [6, 6.07) is 0.180. The van der Waals surface area contributed by atoms with E-state index in [1.165, 1.54) is 7.11 Å². The molecule has 2 rings (SSSR count). The molecule has 0 spiro atoms. The average Bonchev–Trinajstić information content (AvgIpc) is 3.02. The Morgan fingerprint density at radius 2 is 2.29 bits per heavy atom. The molecule has 1 saturated carbocycles. The zero-order valence-electron chi connectivity index (χ0n) is 13.2. The van der Waals surface area contributed by atoms with Crippen molar-refractivity contribution < 1.29 is 9.53 Å². The Hall–Kier alpha value is -1.07. The first-order valence-corrected chi connectivity index (χ1v) is 7.87. The fourth-order valence-corrected chi connectivity index (χ4v) is 3.33. The highest BCUT2D eigenvalue weighted by Gasteiger charge is 2.47. The number of hydrogen-bond acceptors (Lipinski definition) is 4. The molecule has 0 aromatic carbocycles. The van der Waals surface area contributed by atoms with Crippen LogP contribution in [-0.4, -0.2) is 34.9 Å². The van der Waals surface area contributed by atoms with Crippen molar-refractivity contribution >= 4 is 17.6 Å². The predicted octanol–water partition coefficient (Wildman–Crippen LogP) is 2.79. The highest BCUT2D eigenvalue weighted by Crippen LogP contribution is 2.40. The summed E-state index contributed by atoms with van der Waals surface area (Å²) in [7, 11) is 1.45. The highest BCUT2D eigenvalue weighted by atomic mass is 35.5. The molecule has 0 amide bonds. The maximum atomic E-state index is 12.2. The minimum absolute atomic E-state index is 0.175. The number of rotatable bonds is 5. The Bertz CT molecular complexity index is 529. The van der Waals surface area contributed by atoms with E-state index in [1.807, 2.05) is 18.5 Å². The Labute approximate surface area is 131 Å². The summed E-state index contributed by atoms with van der Waals surface area (Å²) in [5, 5.41) is 8.63. The van der Waals surface area contributed by atoms with Gasteiger partial charge >= 0.3 is 5.97 Å². The Morgan fingerprint density at radius 1 is 1.57 bits per heavy atom. The third kappa shape index (κ3) is 2.94. The number of aryl methyl sites for hydroxylation is 1. The van der Waals surface area contributed by atoms with Crippen LogP contribution in [0.1, 0.15) is 50.0 Å². The molecule has 6 heteroatoms. The molecule has 2 atom stereocenters. The van der Waals surface area contributed by atoms with E-state index in [0.29, 0.717) is 11.4 Å². The van der Waals surface area contributed by atoms with Gasteiger partial charge in [0.15, 0.2) is 0 Å². The summed E-state index contributed by atoms with van der Waals surface area (Å²) in [5.41, 5.74) is 1.22. The molecule has 1 aliphatic carbocycles. The molecule has 0 aliphatic heterocycles. The van der Waals surface area contributed by atoms with Gasteiger partial charge in [-0.15, -0.1) is 0 Å². The number of hydrogen-bond donors (Lipinski definition) is 1. The number of carbonyl (C=O) groups excluding carboxylic acids is 1. The van der Waals surface area contributed by atoms with Gasteiger partial charge in [0.05, 0.1) is 29.6 Å². The first kappa shape index (κ1) is 16.3. The maximum Gasteiger partial charge on any atom is 0.326 e. The molecule has 21 heavy (non-hydrogen) atoms. The SMILES string of the molecule is CCCNC1(C(=O)OC)CCC(n2nc(C)c(Cl)c2C)C1. The van der Waals surface area contributed by atoms with E-state index in [-0.39, 0.29) is 12.0 Å². The summed E-state index contributed by atoms with van der Waals surface area (Å²) in [6.45, 7) is 6.77. The van der Waals surface area contributed by atoms with E-state index in [2.05, 4.69) is 17.3 Å². The van der Waals surface area contributed by atoms with E-state index in [1.54, 1.807) is 0 Å². The first-order valence-electron chi connectivity index (χ1n) is 7.50. The molecular weight excluding hydrogens is 290 g/mol. The van der Waals surface area contributed by atoms with Crippen LogP contribution in [0, 0.1) is 13.8 Å². The van der Waals surface area contributed by atoms with E-state index >= 15 is 0 Å². The first-order chi connectivity index (χ1) is 9.95. The smallest absolute Gasteiger partial charge is 0.326 e. The molecule has 5 nitrogen and oxygen atoms in total. The topological polar surface area (TPSA) is 56.1 Å². The van der Waals surface area contributed by atoms with Crippen LogP contribution in [-0.2, 0) is 9.53 Å². The van der Waals surface area contributed by atoms with Crippen molar-refractivity contribution in [2.45, 2.75) is 58.0 Å². The van der Waals surface area contributed by atoms with Crippen molar-refractivity contribution in [2.24, 2.45) is 0 Å². The average molecular weight is 314 g/mol. The predicted molar refractivity (Wildman–Crippen MR) is 82.6 cm³/mol. The molecule has 118 valence electrons. The van der Waals surface area contributed by atoms with Crippen LogP contribution in [0.25, 0.3) is 0 Å². The lowest BCUT2D eigenvalue weighted by Crippen LogP contribution is -2.51. The van der Waals surface area contributed by atoms with Gasteiger partial charge in [0.25, 0.3) is 0 Å². The van der Waals surface area contributed by atoms with Crippen LogP contribution in [0.2, 0.25) is 5.02 Å². The van der Waals surface area contributed by atoms with Gasteiger partial charge in [0.1, 0.15) is 5.54 Å². The monoisotopic (exact) mass is 313 g/mol. The molecule has 0 saturated heterocycles. The second kappa shape index (κ2) is 6.36. The van der Waals surface area contributed by atoms with Crippen LogP contribution in [0.15, 0.2) is 0 Å². The minimum atomic E-state index is -0.589. The molecule has 1 heterocycles. The largest absolute Gasteiger partial charge is 0.468 e. The number of esters is 1. The number of ether oxygens (including phenoxy) is 1. The number of carbonyl (C=O) groups is 1. The van der Waals surface area contributed by atoms with Gasteiger partial charge < -0.3 is 10.1 Å². The Morgan fingerprint density at radius 3 is 2.81 bits per heavy atom. The second-order valence-electron chi connectivity index (χ2n) is 5.83. The quantitative estimate of drug-likeness (QED) is 0.849. The Balaban J connectivity index is 2.23. The number of aromatic nitrogens is 2. The van der Waals surface area contributed by atoms with Crippen molar-refractivity contribution in [2.75, 3.05) is 13.7 Å². The van der Waals surface area contributed by atoms with Crippen molar-refractivity contribution in [3.8, 4) is 0 Å². The number of nitrogens with one attached hydrogen (secondary N) is 1. The molecule has 1 N–H and O–H groups in total. The molecule has 1 aliphatic rings. The fraction of sp³-hybridized carbons (Fsp3) is 0.733. The summed E-state index contributed by atoms with van der Waals surface area (Å²) in [5.74, 6) is -0.175. The zero-order chi connectivity index (χ0) is 15.6. The molecule has 0 radical (unpaired) electrons. The van der Waals surface area contributed by atoms with E-state index < -0.39 is 5.54 Å². The summed E-state index contributed by atoms with van der Waals surface area (Å²) in [4.78, 5) is 12.2. The van der Waals surface area contributed by atoms with Gasteiger partial charge in [-0.05, 0) is 46.1 Å². The Kier molecular flexibility index (Phi) is 4.94. The zero-order valence-corrected chi connectivity index (χ0v) is 14.0. The van der Waals surface area contributed by atoms with E-state index in [4.69, 9.17) is 16.3 Å². The van der Waals surface area contributed by atoms with Crippen molar-refractivity contribution in [1.29, 1.82) is 0 Å². The van der Waals surface area contributed by atoms with E-state index in [0.717, 1.165) is 37.2 Å². The molecule has 2 unspecified atom stereocenters. The molecule has 0 bridgehead atoms. The lowest BCUT2D eigenvalue weighted by molar-refractivity contribution is -0.148. The molecular formula is C15H24ClN3O2. The normalized spacial score (nSPS) is 25.3. The minimum Gasteiger partial charge on any atom is -0.468 e. The van der Waals surface area contributed by atoms with Crippen molar-refractivity contribution in [3.05, 3.63) is 16.4 Å². The summed E-state index contributed by atoms with van der Waals surface area (Å²) in [6.07, 6.45) is 3.33. The lowest BCUT2D eigenvalue weighted by Gasteiger charge is -2.27. The van der Waals surface area contributed by atoms with Gasteiger partial charge in [0.2, 0.25) is 0 Å². The van der Waals surface area contributed by atoms with Crippen molar-refractivity contribution in [1.82, 2.24) is 15.1 Å². The lowest BCUT2D eigenvalue weighted by atomic mass is 9.97. The van der Waals surface area contributed by atoms with Gasteiger partial charge in [0, 0.05) is 0 Å².